The predicted molar refractivity (Wildman–Crippen MR) is 322 cm³/mol. The van der Waals surface area contributed by atoms with Crippen LogP contribution in [0, 0.1) is 0 Å². The van der Waals surface area contributed by atoms with Gasteiger partial charge in [0, 0.05) is 22.3 Å². The number of benzene rings is 2. The molecule has 410 valence electrons. The van der Waals surface area contributed by atoms with Gasteiger partial charge in [-0.2, -0.15) is 0 Å². The van der Waals surface area contributed by atoms with Crippen LogP contribution in [-0.2, 0) is 12.8 Å². The topological polar surface area (TPSA) is 25.3 Å². The van der Waals surface area contributed by atoms with E-state index in [2.05, 4.69) is 76.2 Å². The van der Waals surface area contributed by atoms with E-state index in [1.165, 1.54) is 329 Å². The molecule has 0 fully saturated rings. The molecule has 2 nitrogen and oxygen atoms in total. The Morgan fingerprint density at radius 1 is 0.264 bits per heavy atom. The summed E-state index contributed by atoms with van der Waals surface area (Å²) in [5.41, 5.74) is 22.5. The number of unbranched alkanes of at least 4 members (excludes halogenated alkanes) is 42. The van der Waals surface area contributed by atoms with E-state index in [1.807, 2.05) is 0 Å². The number of rotatable bonds is 52. The summed E-state index contributed by atoms with van der Waals surface area (Å²) in [6.07, 6.45) is 68.5. The molecule has 1 aliphatic rings. The minimum absolute atomic E-state index is 1.04. The molecule has 2 aromatic carbocycles. The summed E-state index contributed by atoms with van der Waals surface area (Å²) in [6.45, 7) is 9.21. The molecule has 0 saturated carbocycles. The lowest BCUT2D eigenvalue weighted by atomic mass is 9.91. The molecule has 0 radical (unpaired) electrons. The van der Waals surface area contributed by atoms with Gasteiger partial charge in [-0.15, -0.1) is 0 Å². The molecule has 72 heavy (non-hydrogen) atoms. The molecular weight excluding hydrogens is 869 g/mol. The lowest BCUT2D eigenvalue weighted by molar-refractivity contribution is -0.345. The lowest BCUT2D eigenvalue weighted by Crippen LogP contribution is -2.03. The lowest BCUT2D eigenvalue weighted by Gasteiger charge is -2.11. The molecule has 0 unspecified atom stereocenters. The van der Waals surface area contributed by atoms with Gasteiger partial charge in [-0.1, -0.05) is 322 Å². The third-order valence-corrected chi connectivity index (χ3v) is 16.5. The Balaban J connectivity index is 1.42. The van der Waals surface area contributed by atoms with Gasteiger partial charge in [0.05, 0.1) is 0 Å². The van der Waals surface area contributed by atoms with Gasteiger partial charge in [0.25, 0.3) is 0 Å². The highest BCUT2D eigenvalue weighted by molar-refractivity contribution is 5.82. The van der Waals surface area contributed by atoms with Crippen LogP contribution in [-0.4, -0.2) is 4.70 Å². The van der Waals surface area contributed by atoms with Crippen molar-refractivity contribution in [2.75, 3.05) is 0 Å². The van der Waals surface area contributed by atoms with Crippen molar-refractivity contribution in [3.63, 3.8) is 0 Å². The van der Waals surface area contributed by atoms with Crippen LogP contribution < -0.4 is 0 Å². The third-order valence-electron chi connectivity index (χ3n) is 16.5. The van der Waals surface area contributed by atoms with Crippen LogP contribution in [0.3, 0.4) is 0 Å². The van der Waals surface area contributed by atoms with Crippen LogP contribution in [0.2, 0.25) is 0 Å². The number of hydrogen-bond donors (Lipinski definition) is 0. The second kappa shape index (κ2) is 45.9. The standard InChI is InChI=1S/C70H120N2/c1-5-9-13-15-17-19-21-23-25-27-29-31-32-34-36-38-40-42-44-46-49-53-64-54-51-55-66(62-64)70-68(56-48-11-7-3)67(69(72(70)71)65-60-58-63(59-61-65)52-12-8-4)57-50-47-45-43-41-39-37-35-33-30-28-26-24-22-20-18-16-14-10-6-2/h51,54-55,58-62H,5-50,52-53,56-57H2,1-4H3. The fraction of sp³-hybridized carbons (Fsp3) is 0.771. The molecule has 0 atom stereocenters. The summed E-state index contributed by atoms with van der Waals surface area (Å²) in [5, 5.41) is 0. The average molecular weight is 990 g/mol. The van der Waals surface area contributed by atoms with Crippen molar-refractivity contribution in [2.24, 2.45) is 0 Å². The maximum atomic E-state index is 12.4. The summed E-state index contributed by atoms with van der Waals surface area (Å²) >= 11 is 0. The normalized spacial score (nSPS) is 12.9. The van der Waals surface area contributed by atoms with Crippen molar-refractivity contribution in [1.29, 1.82) is 0 Å². The highest BCUT2D eigenvalue weighted by Gasteiger charge is 2.35. The Labute approximate surface area is 450 Å². The van der Waals surface area contributed by atoms with Crippen LogP contribution >= 0.6 is 0 Å². The maximum Gasteiger partial charge on any atom is 0.211 e. The van der Waals surface area contributed by atoms with E-state index >= 15 is 0 Å². The Hall–Kier alpha value is -2.48. The molecule has 2 heteroatoms. The van der Waals surface area contributed by atoms with Crippen molar-refractivity contribution in [1.82, 2.24) is 0 Å². The molecule has 0 saturated heterocycles. The Bertz CT molecular complexity index is 1630. The number of aryl methyl sites for hydroxylation is 2. The minimum Gasteiger partial charge on any atom is -0.493 e. The number of hydrogen-bond acceptors (Lipinski definition) is 0. The maximum absolute atomic E-state index is 12.4. The second-order valence-corrected chi connectivity index (χ2v) is 23.2. The SMILES string of the molecule is CCCCCCCCCCCCCCCCCCCCCCCc1cccc(C2=C(CCCCC)C(CCCCCCCCCCCCCCCCCCCCCC)=C(c3ccc(CCCC)cc3)[N+]2=[N-])c1. The van der Waals surface area contributed by atoms with Gasteiger partial charge in [-0.3, -0.25) is 0 Å². The van der Waals surface area contributed by atoms with E-state index in [0.29, 0.717) is 0 Å². The zero-order valence-electron chi connectivity index (χ0n) is 48.9. The summed E-state index contributed by atoms with van der Waals surface area (Å²) in [5.74, 6) is 0. The monoisotopic (exact) mass is 989 g/mol. The number of allylic oxidation sites excluding steroid dienone is 2. The second-order valence-electron chi connectivity index (χ2n) is 23.2. The van der Waals surface area contributed by atoms with Crippen molar-refractivity contribution in [2.45, 2.75) is 349 Å². The molecule has 0 amide bonds. The minimum atomic E-state index is 1.04. The van der Waals surface area contributed by atoms with Crippen LogP contribution in [0.1, 0.15) is 358 Å². The van der Waals surface area contributed by atoms with E-state index in [4.69, 9.17) is 0 Å². The van der Waals surface area contributed by atoms with Crippen molar-refractivity contribution in [3.8, 4) is 0 Å². The molecule has 1 heterocycles. The quantitative estimate of drug-likeness (QED) is 0.0466. The highest BCUT2D eigenvalue weighted by atomic mass is 15.2. The molecule has 3 rings (SSSR count). The van der Waals surface area contributed by atoms with Crippen LogP contribution in [0.25, 0.3) is 16.9 Å². The van der Waals surface area contributed by atoms with Gasteiger partial charge in [0.1, 0.15) is 0 Å². The molecule has 0 spiro atoms. The first-order valence-corrected chi connectivity index (χ1v) is 32.8. The van der Waals surface area contributed by atoms with E-state index < -0.39 is 0 Å². The van der Waals surface area contributed by atoms with Crippen molar-refractivity contribution in [3.05, 3.63) is 87.5 Å². The zero-order chi connectivity index (χ0) is 51.2. The Morgan fingerprint density at radius 3 is 0.903 bits per heavy atom. The van der Waals surface area contributed by atoms with E-state index in [1.54, 1.807) is 4.70 Å². The smallest absolute Gasteiger partial charge is 0.211 e. The van der Waals surface area contributed by atoms with Gasteiger partial charge in [0.15, 0.2) is 0 Å². The summed E-state index contributed by atoms with van der Waals surface area (Å²) in [4.78, 5) is 0. The highest BCUT2D eigenvalue weighted by Crippen LogP contribution is 2.45. The molecule has 0 aromatic heterocycles. The Morgan fingerprint density at radius 2 is 0.542 bits per heavy atom. The van der Waals surface area contributed by atoms with Crippen LogP contribution in [0.15, 0.2) is 59.7 Å². The molecule has 0 N–H and O–H groups in total. The van der Waals surface area contributed by atoms with Gasteiger partial charge in [-0.05, 0) is 86.8 Å². The van der Waals surface area contributed by atoms with Crippen LogP contribution in [0.4, 0.5) is 0 Å². The first kappa shape index (κ1) is 63.8. The first-order chi connectivity index (χ1) is 35.6. The summed E-state index contributed by atoms with van der Waals surface area (Å²) < 4.78 is 1.63. The van der Waals surface area contributed by atoms with Gasteiger partial charge < -0.3 is 5.53 Å². The van der Waals surface area contributed by atoms with Gasteiger partial charge in [-0.25, -0.2) is 4.70 Å². The summed E-state index contributed by atoms with van der Waals surface area (Å²) in [6, 6.07) is 18.5. The van der Waals surface area contributed by atoms with Gasteiger partial charge in [0.2, 0.25) is 11.4 Å². The van der Waals surface area contributed by atoms with Crippen molar-refractivity contribution >= 4 is 11.4 Å². The van der Waals surface area contributed by atoms with Crippen molar-refractivity contribution < 1.29 is 4.70 Å². The third kappa shape index (κ3) is 30.2. The number of nitrogens with zero attached hydrogens (tertiary/aromatic N) is 2. The van der Waals surface area contributed by atoms with E-state index in [-0.39, 0.29) is 0 Å². The molecule has 1 aliphatic heterocycles. The predicted octanol–water partition coefficient (Wildman–Crippen LogP) is 24.7. The van der Waals surface area contributed by atoms with E-state index in [0.717, 1.165) is 37.1 Å². The largest absolute Gasteiger partial charge is 0.493 e. The van der Waals surface area contributed by atoms with Gasteiger partial charge >= 0.3 is 0 Å². The fourth-order valence-electron chi connectivity index (χ4n) is 11.7. The molecule has 0 bridgehead atoms. The molecule has 0 aliphatic carbocycles. The summed E-state index contributed by atoms with van der Waals surface area (Å²) in [7, 11) is 0. The Kier molecular flexibility index (Phi) is 40.7. The zero-order valence-corrected chi connectivity index (χ0v) is 48.9. The van der Waals surface area contributed by atoms with Crippen LogP contribution in [0.5, 0.6) is 0 Å². The average Bonchev–Trinajstić information content (AvgIpc) is 3.67. The first-order valence-electron chi connectivity index (χ1n) is 32.8. The van der Waals surface area contributed by atoms with E-state index in [9.17, 15) is 5.53 Å². The molecular formula is C70H120N2. The fourth-order valence-corrected chi connectivity index (χ4v) is 11.7. The molecule has 2 aromatic rings.